The molecular weight excluding hydrogens is 236 g/mol. The molecule has 0 bridgehead atoms. The third-order valence-electron chi connectivity index (χ3n) is 2.51. The van der Waals surface area contributed by atoms with Gasteiger partial charge in [-0.3, -0.25) is 0 Å². The van der Waals surface area contributed by atoms with E-state index in [0.29, 0.717) is 37.3 Å². The topological polar surface area (TPSA) is 91.5 Å². The smallest absolute Gasteiger partial charge is 0.219 e. The molecule has 1 aliphatic rings. The zero-order valence-corrected chi connectivity index (χ0v) is 10.4. The Balaban J connectivity index is 2.06. The molecule has 7 nitrogen and oxygen atoms in total. The van der Waals surface area contributed by atoms with Crippen LogP contribution in [0.1, 0.15) is 19.2 Å². The van der Waals surface area contributed by atoms with Gasteiger partial charge in [0.15, 0.2) is 5.82 Å². The van der Waals surface area contributed by atoms with Gasteiger partial charge in [0.1, 0.15) is 18.5 Å². The molecular formula is C11H18N4O3. The number of rotatable bonds is 6. The molecule has 1 unspecified atom stereocenters. The van der Waals surface area contributed by atoms with Crippen molar-refractivity contribution in [2.45, 2.75) is 26.1 Å². The number of ether oxygens (including phenoxy) is 3. The van der Waals surface area contributed by atoms with Crippen molar-refractivity contribution in [2.24, 2.45) is 5.84 Å². The van der Waals surface area contributed by atoms with Crippen LogP contribution in [0, 0.1) is 0 Å². The summed E-state index contributed by atoms with van der Waals surface area (Å²) in [5.74, 6) is 6.90. The van der Waals surface area contributed by atoms with Crippen molar-refractivity contribution in [3.05, 3.63) is 11.9 Å². The van der Waals surface area contributed by atoms with Gasteiger partial charge >= 0.3 is 0 Å². The molecule has 18 heavy (non-hydrogen) atoms. The number of nitrogens with zero attached hydrogens (tertiary/aromatic N) is 2. The van der Waals surface area contributed by atoms with Crippen molar-refractivity contribution in [1.29, 1.82) is 0 Å². The zero-order valence-electron chi connectivity index (χ0n) is 10.4. The quantitative estimate of drug-likeness (QED) is 0.563. The molecule has 1 atom stereocenters. The first-order valence-corrected chi connectivity index (χ1v) is 5.98. The average Bonchev–Trinajstić information content (AvgIpc) is 2.89. The molecule has 1 saturated heterocycles. The molecule has 0 aliphatic carbocycles. The Morgan fingerprint density at radius 3 is 3.11 bits per heavy atom. The largest absolute Gasteiger partial charge is 0.472 e. The molecule has 1 aromatic heterocycles. The normalized spacial score (nSPS) is 18.9. The maximum Gasteiger partial charge on any atom is 0.219 e. The zero-order chi connectivity index (χ0) is 12.8. The van der Waals surface area contributed by atoms with Crippen LogP contribution in [-0.4, -0.2) is 35.9 Å². The van der Waals surface area contributed by atoms with Crippen molar-refractivity contribution < 1.29 is 14.2 Å². The van der Waals surface area contributed by atoms with Gasteiger partial charge < -0.3 is 19.6 Å². The van der Waals surface area contributed by atoms with E-state index in [1.165, 1.54) is 0 Å². The summed E-state index contributed by atoms with van der Waals surface area (Å²) in [6.07, 6.45) is 0.918. The standard InChI is InChI=1S/C11H18N4O3/c1-2-16-7-10-13-9(15-12)5-11(14-10)18-8-3-4-17-6-8/h5,8H,2-4,6-7,12H2,1H3,(H,13,14,15). The highest BCUT2D eigenvalue weighted by atomic mass is 16.5. The van der Waals surface area contributed by atoms with Crippen LogP contribution in [-0.2, 0) is 16.1 Å². The Hall–Kier alpha value is -1.44. The van der Waals surface area contributed by atoms with Gasteiger partial charge in [-0.25, -0.2) is 10.8 Å². The van der Waals surface area contributed by atoms with Crippen LogP contribution < -0.4 is 16.0 Å². The van der Waals surface area contributed by atoms with Gasteiger partial charge in [0, 0.05) is 19.1 Å². The maximum absolute atomic E-state index is 5.71. The molecule has 0 spiro atoms. The van der Waals surface area contributed by atoms with Gasteiger partial charge in [-0.2, -0.15) is 4.98 Å². The number of nitrogens with two attached hydrogens (primary N) is 1. The highest BCUT2D eigenvalue weighted by Crippen LogP contribution is 2.17. The Labute approximate surface area is 106 Å². The Morgan fingerprint density at radius 2 is 2.44 bits per heavy atom. The van der Waals surface area contributed by atoms with Gasteiger partial charge in [0.25, 0.3) is 0 Å². The highest BCUT2D eigenvalue weighted by molar-refractivity contribution is 5.37. The van der Waals surface area contributed by atoms with Gasteiger partial charge in [0.2, 0.25) is 5.88 Å². The monoisotopic (exact) mass is 254 g/mol. The van der Waals surface area contributed by atoms with Crippen molar-refractivity contribution in [3.8, 4) is 5.88 Å². The first kappa shape index (κ1) is 13.0. The third kappa shape index (κ3) is 3.52. The summed E-state index contributed by atoms with van der Waals surface area (Å²) in [5, 5.41) is 0. The Bertz CT molecular complexity index is 383. The number of hydrazine groups is 1. The van der Waals surface area contributed by atoms with Crippen LogP contribution in [0.3, 0.4) is 0 Å². The number of aromatic nitrogens is 2. The van der Waals surface area contributed by atoms with E-state index in [2.05, 4.69) is 15.4 Å². The second-order valence-corrected chi connectivity index (χ2v) is 3.89. The van der Waals surface area contributed by atoms with Crippen LogP contribution in [0.2, 0.25) is 0 Å². The minimum atomic E-state index is 0.0467. The van der Waals surface area contributed by atoms with Crippen molar-refractivity contribution in [1.82, 2.24) is 9.97 Å². The number of hydrogen-bond donors (Lipinski definition) is 2. The summed E-state index contributed by atoms with van der Waals surface area (Å²) >= 11 is 0. The maximum atomic E-state index is 5.71. The second kappa shape index (κ2) is 6.48. The van der Waals surface area contributed by atoms with Crippen LogP contribution >= 0.6 is 0 Å². The van der Waals surface area contributed by atoms with E-state index in [0.717, 1.165) is 13.0 Å². The first-order chi connectivity index (χ1) is 8.81. The fraction of sp³-hybridized carbons (Fsp3) is 0.636. The lowest BCUT2D eigenvalue weighted by atomic mass is 10.3. The molecule has 1 aromatic rings. The Morgan fingerprint density at radius 1 is 1.56 bits per heavy atom. The molecule has 0 aromatic carbocycles. The van der Waals surface area contributed by atoms with E-state index >= 15 is 0 Å². The lowest BCUT2D eigenvalue weighted by Crippen LogP contribution is -2.18. The van der Waals surface area contributed by atoms with E-state index in [-0.39, 0.29) is 6.10 Å². The molecule has 1 aliphatic heterocycles. The minimum Gasteiger partial charge on any atom is -0.472 e. The van der Waals surface area contributed by atoms with E-state index < -0.39 is 0 Å². The van der Waals surface area contributed by atoms with Crippen molar-refractivity contribution in [2.75, 3.05) is 25.2 Å². The number of nitrogen functional groups attached to an aromatic ring is 1. The molecule has 1 fully saturated rings. The minimum absolute atomic E-state index is 0.0467. The van der Waals surface area contributed by atoms with Crippen LogP contribution in [0.5, 0.6) is 5.88 Å². The first-order valence-electron chi connectivity index (χ1n) is 5.98. The van der Waals surface area contributed by atoms with E-state index in [1.807, 2.05) is 6.92 Å². The van der Waals surface area contributed by atoms with Crippen LogP contribution in [0.4, 0.5) is 5.82 Å². The van der Waals surface area contributed by atoms with Crippen molar-refractivity contribution >= 4 is 5.82 Å². The highest BCUT2D eigenvalue weighted by Gasteiger charge is 2.18. The van der Waals surface area contributed by atoms with Crippen molar-refractivity contribution in [3.63, 3.8) is 0 Å². The molecule has 2 rings (SSSR count). The number of hydrogen-bond acceptors (Lipinski definition) is 7. The fourth-order valence-electron chi connectivity index (χ4n) is 1.64. The molecule has 3 N–H and O–H groups in total. The lowest BCUT2D eigenvalue weighted by molar-refractivity contribution is 0.123. The van der Waals surface area contributed by atoms with Gasteiger partial charge in [-0.15, -0.1) is 0 Å². The van der Waals surface area contributed by atoms with E-state index in [9.17, 15) is 0 Å². The second-order valence-electron chi connectivity index (χ2n) is 3.89. The third-order valence-corrected chi connectivity index (χ3v) is 2.51. The van der Waals surface area contributed by atoms with E-state index in [1.54, 1.807) is 6.07 Å². The van der Waals surface area contributed by atoms with Gasteiger partial charge in [-0.05, 0) is 6.92 Å². The summed E-state index contributed by atoms with van der Waals surface area (Å²) in [4.78, 5) is 8.45. The molecule has 0 saturated carbocycles. The summed E-state index contributed by atoms with van der Waals surface area (Å²) in [6.45, 7) is 4.18. The number of anilines is 1. The molecule has 0 amide bonds. The van der Waals surface area contributed by atoms with Crippen LogP contribution in [0.15, 0.2) is 6.07 Å². The van der Waals surface area contributed by atoms with Crippen LogP contribution in [0.25, 0.3) is 0 Å². The molecule has 7 heteroatoms. The lowest BCUT2D eigenvalue weighted by Gasteiger charge is -2.12. The SMILES string of the molecule is CCOCc1nc(NN)cc(OC2CCOC2)n1. The average molecular weight is 254 g/mol. The number of nitrogens with one attached hydrogen (secondary N) is 1. The Kier molecular flexibility index (Phi) is 4.68. The summed E-state index contributed by atoms with van der Waals surface area (Å²) < 4.78 is 16.2. The summed E-state index contributed by atoms with van der Waals surface area (Å²) in [5.41, 5.74) is 2.49. The molecule has 0 radical (unpaired) electrons. The summed E-state index contributed by atoms with van der Waals surface area (Å²) in [6, 6.07) is 1.66. The van der Waals surface area contributed by atoms with E-state index in [4.69, 9.17) is 20.1 Å². The fourth-order valence-corrected chi connectivity index (χ4v) is 1.64. The molecule has 2 heterocycles. The predicted molar refractivity (Wildman–Crippen MR) is 65.0 cm³/mol. The molecule has 100 valence electrons. The van der Waals surface area contributed by atoms with Gasteiger partial charge in [-0.1, -0.05) is 0 Å². The predicted octanol–water partition coefficient (Wildman–Crippen LogP) is 0.466. The van der Waals surface area contributed by atoms with Gasteiger partial charge in [0.05, 0.1) is 13.2 Å². The summed E-state index contributed by atoms with van der Waals surface area (Å²) in [7, 11) is 0.